The first-order chi connectivity index (χ1) is 9.00. The van der Waals surface area contributed by atoms with Crippen molar-refractivity contribution in [1.29, 1.82) is 0 Å². The van der Waals surface area contributed by atoms with E-state index >= 15 is 0 Å². The highest BCUT2D eigenvalue weighted by Gasteiger charge is 2.27. The van der Waals surface area contributed by atoms with Crippen molar-refractivity contribution in [2.75, 3.05) is 6.54 Å². The molecule has 3 heteroatoms. The second-order valence-corrected chi connectivity index (χ2v) is 7.15. The van der Waals surface area contributed by atoms with Crippen LogP contribution in [0.2, 0.25) is 0 Å². The number of nitrogens with one attached hydrogen (secondary N) is 1. The molecule has 1 aliphatic carbocycles. The number of hydrogen-bond acceptors (Lipinski definition) is 2. The van der Waals surface area contributed by atoms with Gasteiger partial charge >= 0.3 is 0 Å². The molecule has 0 radical (unpaired) electrons. The van der Waals surface area contributed by atoms with E-state index in [1.54, 1.807) is 0 Å². The fourth-order valence-corrected chi connectivity index (χ4v) is 3.73. The van der Waals surface area contributed by atoms with Crippen molar-refractivity contribution in [2.24, 2.45) is 5.73 Å². The Bertz CT molecular complexity index is 417. The van der Waals surface area contributed by atoms with Crippen LogP contribution in [0.4, 0.5) is 0 Å². The highest BCUT2D eigenvalue weighted by atomic mass is 79.9. The molecule has 0 bridgehead atoms. The summed E-state index contributed by atoms with van der Waals surface area (Å²) in [7, 11) is 0. The first-order valence-corrected chi connectivity index (χ1v) is 8.04. The first kappa shape index (κ1) is 15.0. The van der Waals surface area contributed by atoms with Crippen LogP contribution >= 0.6 is 15.9 Å². The second-order valence-electron chi connectivity index (χ2n) is 6.30. The summed E-state index contributed by atoms with van der Waals surface area (Å²) in [6, 6.07) is 9.29. The number of halogens is 1. The zero-order chi connectivity index (χ0) is 13.9. The van der Waals surface area contributed by atoms with Crippen LogP contribution in [-0.2, 0) is 5.41 Å². The Kier molecular flexibility index (Phi) is 5.04. The summed E-state index contributed by atoms with van der Waals surface area (Å²) in [6.45, 7) is 5.54. The van der Waals surface area contributed by atoms with Gasteiger partial charge in [0.25, 0.3) is 0 Å². The molecule has 0 spiro atoms. The van der Waals surface area contributed by atoms with Crippen LogP contribution in [0.1, 0.15) is 45.1 Å². The van der Waals surface area contributed by atoms with Crippen molar-refractivity contribution in [3.05, 3.63) is 34.3 Å². The molecule has 2 unspecified atom stereocenters. The van der Waals surface area contributed by atoms with E-state index in [1.807, 2.05) is 0 Å². The monoisotopic (exact) mass is 324 g/mol. The first-order valence-electron chi connectivity index (χ1n) is 7.25. The SMILES string of the molecule is CC(C)(CNC1CCCCC1N)c1ccccc1Br. The average molecular weight is 325 g/mol. The maximum atomic E-state index is 6.21. The lowest BCUT2D eigenvalue weighted by molar-refractivity contribution is 0.305. The standard InChI is InChI=1S/C16H25BrN2/c1-16(2,12-7-3-4-8-13(12)17)11-19-15-10-6-5-9-14(15)18/h3-4,7-8,14-15,19H,5-6,9-11,18H2,1-2H3. The van der Waals surface area contributed by atoms with Gasteiger partial charge in [0, 0.05) is 28.5 Å². The molecule has 0 amide bonds. The maximum Gasteiger partial charge on any atom is 0.0219 e. The van der Waals surface area contributed by atoms with Gasteiger partial charge in [-0.25, -0.2) is 0 Å². The third-order valence-corrected chi connectivity index (χ3v) is 4.92. The Morgan fingerprint density at radius 1 is 1.26 bits per heavy atom. The molecule has 0 heterocycles. The number of benzene rings is 1. The molecule has 1 aliphatic rings. The van der Waals surface area contributed by atoms with E-state index in [-0.39, 0.29) is 5.41 Å². The molecule has 1 fully saturated rings. The van der Waals surface area contributed by atoms with E-state index in [2.05, 4.69) is 59.4 Å². The zero-order valence-electron chi connectivity index (χ0n) is 12.0. The smallest absolute Gasteiger partial charge is 0.0219 e. The Morgan fingerprint density at radius 2 is 1.95 bits per heavy atom. The normalized spacial score (nSPS) is 24.4. The summed E-state index contributed by atoms with van der Waals surface area (Å²) in [4.78, 5) is 0. The van der Waals surface area contributed by atoms with Crippen LogP contribution in [0.15, 0.2) is 28.7 Å². The lowest BCUT2D eigenvalue weighted by Gasteiger charge is -2.34. The van der Waals surface area contributed by atoms with Crippen molar-refractivity contribution in [3.63, 3.8) is 0 Å². The number of rotatable bonds is 4. The molecule has 19 heavy (non-hydrogen) atoms. The lowest BCUT2D eigenvalue weighted by atomic mass is 9.83. The molecule has 1 aromatic carbocycles. The fourth-order valence-electron chi connectivity index (χ4n) is 2.90. The van der Waals surface area contributed by atoms with Gasteiger partial charge in [-0.3, -0.25) is 0 Å². The van der Waals surface area contributed by atoms with Gasteiger partial charge < -0.3 is 11.1 Å². The van der Waals surface area contributed by atoms with Crippen LogP contribution in [0.25, 0.3) is 0 Å². The summed E-state index contributed by atoms with van der Waals surface area (Å²) in [6.07, 6.45) is 4.97. The lowest BCUT2D eigenvalue weighted by Crippen LogP contribution is -2.50. The quantitative estimate of drug-likeness (QED) is 0.888. The topological polar surface area (TPSA) is 38.0 Å². The Hall–Kier alpha value is -0.380. The molecule has 1 saturated carbocycles. The minimum Gasteiger partial charge on any atom is -0.326 e. The summed E-state index contributed by atoms with van der Waals surface area (Å²) in [5.41, 5.74) is 7.67. The van der Waals surface area contributed by atoms with E-state index in [1.165, 1.54) is 29.3 Å². The number of hydrogen-bond donors (Lipinski definition) is 2. The van der Waals surface area contributed by atoms with Crippen LogP contribution in [0, 0.1) is 0 Å². The van der Waals surface area contributed by atoms with Crippen LogP contribution in [0.3, 0.4) is 0 Å². The molecular formula is C16H25BrN2. The van der Waals surface area contributed by atoms with E-state index < -0.39 is 0 Å². The largest absolute Gasteiger partial charge is 0.326 e. The van der Waals surface area contributed by atoms with Crippen molar-refractivity contribution in [1.82, 2.24) is 5.32 Å². The molecule has 0 aromatic heterocycles. The molecule has 106 valence electrons. The van der Waals surface area contributed by atoms with E-state index in [0.717, 1.165) is 13.0 Å². The molecule has 2 rings (SSSR count). The minimum absolute atomic E-state index is 0.108. The molecular weight excluding hydrogens is 300 g/mol. The van der Waals surface area contributed by atoms with Crippen LogP contribution in [-0.4, -0.2) is 18.6 Å². The predicted octanol–water partition coefficient (Wildman–Crippen LogP) is 3.59. The van der Waals surface area contributed by atoms with E-state index in [0.29, 0.717) is 12.1 Å². The summed E-state index contributed by atoms with van der Waals surface area (Å²) in [5.74, 6) is 0. The van der Waals surface area contributed by atoms with Crippen molar-refractivity contribution >= 4 is 15.9 Å². The fraction of sp³-hybridized carbons (Fsp3) is 0.625. The predicted molar refractivity (Wildman–Crippen MR) is 85.4 cm³/mol. The Balaban J connectivity index is 1.99. The summed E-state index contributed by atoms with van der Waals surface area (Å²) >= 11 is 3.66. The van der Waals surface area contributed by atoms with Crippen molar-refractivity contribution < 1.29 is 0 Å². The molecule has 0 saturated heterocycles. The highest BCUT2D eigenvalue weighted by Crippen LogP contribution is 2.30. The van der Waals surface area contributed by atoms with E-state index in [4.69, 9.17) is 5.73 Å². The molecule has 3 N–H and O–H groups in total. The Morgan fingerprint density at radius 3 is 2.63 bits per heavy atom. The van der Waals surface area contributed by atoms with Gasteiger partial charge in [-0.1, -0.05) is 60.8 Å². The minimum atomic E-state index is 0.108. The summed E-state index contributed by atoms with van der Waals surface area (Å²) in [5, 5.41) is 3.69. The molecule has 2 nitrogen and oxygen atoms in total. The van der Waals surface area contributed by atoms with Crippen LogP contribution in [0.5, 0.6) is 0 Å². The average Bonchev–Trinajstić information content (AvgIpc) is 2.38. The third-order valence-electron chi connectivity index (χ3n) is 4.23. The van der Waals surface area contributed by atoms with Gasteiger partial charge in [0.15, 0.2) is 0 Å². The van der Waals surface area contributed by atoms with Gasteiger partial charge in [-0.15, -0.1) is 0 Å². The maximum absolute atomic E-state index is 6.21. The molecule has 1 aromatic rings. The van der Waals surface area contributed by atoms with E-state index in [9.17, 15) is 0 Å². The van der Waals surface area contributed by atoms with Crippen LogP contribution < -0.4 is 11.1 Å². The van der Waals surface area contributed by atoms with Gasteiger partial charge in [-0.2, -0.15) is 0 Å². The van der Waals surface area contributed by atoms with Crippen molar-refractivity contribution in [3.8, 4) is 0 Å². The third kappa shape index (κ3) is 3.80. The molecule has 2 atom stereocenters. The zero-order valence-corrected chi connectivity index (χ0v) is 13.5. The summed E-state index contributed by atoms with van der Waals surface area (Å²) < 4.78 is 1.19. The Labute approximate surface area is 125 Å². The number of nitrogens with two attached hydrogens (primary N) is 1. The molecule has 0 aliphatic heterocycles. The second kappa shape index (κ2) is 6.38. The van der Waals surface area contributed by atoms with Crippen molar-refractivity contribution in [2.45, 2.75) is 57.0 Å². The van der Waals surface area contributed by atoms with Gasteiger partial charge in [-0.05, 0) is 24.5 Å². The van der Waals surface area contributed by atoms with Gasteiger partial charge in [0.2, 0.25) is 0 Å². The van der Waals surface area contributed by atoms with Gasteiger partial charge in [0.1, 0.15) is 0 Å². The van der Waals surface area contributed by atoms with Gasteiger partial charge in [0.05, 0.1) is 0 Å². The highest BCUT2D eigenvalue weighted by molar-refractivity contribution is 9.10.